The number of unbranched alkanes of at least 4 members (excludes halogenated alkanes) is 1. The Bertz CT molecular complexity index is 534. The molecule has 4 saturated carbocycles. The van der Waals surface area contributed by atoms with Gasteiger partial charge in [0.1, 0.15) is 5.78 Å². The van der Waals surface area contributed by atoms with E-state index in [0.717, 1.165) is 69.2 Å². The molecule has 0 N–H and O–H groups in total. The molecule has 3 heteroatoms. The summed E-state index contributed by atoms with van der Waals surface area (Å²) < 4.78 is 0. The van der Waals surface area contributed by atoms with Crippen LogP contribution in [0.15, 0.2) is 0 Å². The van der Waals surface area contributed by atoms with Crippen molar-refractivity contribution in [2.45, 2.75) is 98.3 Å². The molecule has 29 heavy (non-hydrogen) atoms. The quantitative estimate of drug-likeness (QED) is 0.390. The van der Waals surface area contributed by atoms with E-state index >= 15 is 0 Å². The van der Waals surface area contributed by atoms with E-state index in [0.29, 0.717) is 29.9 Å². The molecular weight excluding hydrogens is 358 g/mol. The highest BCUT2D eigenvalue weighted by Crippen LogP contribution is 2.60. The Balaban J connectivity index is 1.43. The molecule has 4 aliphatic carbocycles. The van der Waals surface area contributed by atoms with Crippen molar-refractivity contribution < 1.29 is 9.59 Å². The van der Waals surface area contributed by atoms with Crippen molar-refractivity contribution in [1.29, 1.82) is 0 Å². The predicted molar refractivity (Wildman–Crippen MR) is 120 cm³/mol. The minimum absolute atomic E-state index is 0.0288. The van der Waals surface area contributed by atoms with E-state index in [1.54, 1.807) is 0 Å². The van der Waals surface area contributed by atoms with Gasteiger partial charge in [-0.1, -0.05) is 27.7 Å². The lowest BCUT2D eigenvalue weighted by atomic mass is 9.49. The molecule has 4 bridgehead atoms. The molecule has 0 unspecified atom stereocenters. The molecule has 166 valence electrons. The average molecular weight is 404 g/mol. The molecule has 0 saturated heterocycles. The Morgan fingerprint density at radius 1 is 0.862 bits per heavy atom. The van der Waals surface area contributed by atoms with Crippen molar-refractivity contribution in [2.24, 2.45) is 40.9 Å². The molecule has 0 spiro atoms. The number of hydrogen-bond acceptors (Lipinski definition) is 2. The van der Waals surface area contributed by atoms with Crippen molar-refractivity contribution in [3.63, 3.8) is 0 Å². The zero-order valence-electron chi connectivity index (χ0n) is 19.7. The van der Waals surface area contributed by atoms with Gasteiger partial charge in [-0.25, -0.2) is 0 Å². The van der Waals surface area contributed by atoms with Crippen LogP contribution in [0.1, 0.15) is 98.3 Å². The fourth-order valence-corrected chi connectivity index (χ4v) is 7.23. The number of ketones is 1. The normalized spacial score (nSPS) is 30.6. The number of amides is 1. The molecule has 0 aromatic heterocycles. The summed E-state index contributed by atoms with van der Waals surface area (Å²) in [6.45, 7) is 9.67. The van der Waals surface area contributed by atoms with Crippen molar-refractivity contribution in [2.75, 3.05) is 13.6 Å². The second-order valence-electron chi connectivity index (χ2n) is 11.8. The van der Waals surface area contributed by atoms with Gasteiger partial charge in [0.15, 0.2) is 0 Å². The van der Waals surface area contributed by atoms with Crippen LogP contribution in [0.4, 0.5) is 0 Å². The lowest BCUT2D eigenvalue weighted by Gasteiger charge is -2.56. The van der Waals surface area contributed by atoms with E-state index in [9.17, 15) is 9.59 Å². The molecule has 0 aliphatic heterocycles. The number of Topliss-reactive ketones (excluding diaryl/α,β-unsaturated/α-hetero) is 1. The fraction of sp³-hybridized carbons (Fsp3) is 0.923. The van der Waals surface area contributed by atoms with Crippen LogP contribution >= 0.6 is 0 Å². The minimum Gasteiger partial charge on any atom is -0.345 e. The molecule has 0 aromatic rings. The maximum atomic E-state index is 13.3. The number of carbonyl (C=O) groups is 2. The molecule has 4 rings (SSSR count). The first kappa shape index (κ1) is 22.8. The van der Waals surface area contributed by atoms with E-state index in [4.69, 9.17) is 0 Å². The molecule has 4 fully saturated rings. The van der Waals surface area contributed by atoms with Gasteiger partial charge in [-0.15, -0.1) is 0 Å². The van der Waals surface area contributed by atoms with Gasteiger partial charge in [-0.05, 0) is 93.8 Å². The molecule has 1 amide bonds. The van der Waals surface area contributed by atoms with Crippen LogP contribution < -0.4 is 0 Å². The van der Waals surface area contributed by atoms with Crippen LogP contribution in [0.3, 0.4) is 0 Å². The maximum absolute atomic E-state index is 13.3. The molecule has 3 nitrogen and oxygen atoms in total. The number of rotatable bonds is 11. The molecule has 0 radical (unpaired) electrons. The fourth-order valence-electron chi connectivity index (χ4n) is 7.23. The highest BCUT2D eigenvalue weighted by atomic mass is 16.2. The van der Waals surface area contributed by atoms with Crippen LogP contribution in [0.2, 0.25) is 0 Å². The van der Waals surface area contributed by atoms with Gasteiger partial charge in [0.05, 0.1) is 5.41 Å². The number of nitrogens with zero attached hydrogens (tertiary/aromatic N) is 1. The summed E-state index contributed by atoms with van der Waals surface area (Å²) in [5, 5.41) is 0. The third-order valence-corrected chi connectivity index (χ3v) is 7.97. The number of hydrogen-bond donors (Lipinski definition) is 0. The van der Waals surface area contributed by atoms with E-state index < -0.39 is 0 Å². The minimum atomic E-state index is -0.0288. The van der Waals surface area contributed by atoms with Crippen molar-refractivity contribution in [1.82, 2.24) is 4.90 Å². The predicted octanol–water partition coefficient (Wildman–Crippen LogP) is 6.11. The highest BCUT2D eigenvalue weighted by molar-refractivity contribution is 5.83. The summed E-state index contributed by atoms with van der Waals surface area (Å²) in [5.41, 5.74) is -0.0288. The molecular formula is C26H45NO2. The Morgan fingerprint density at radius 2 is 1.34 bits per heavy atom. The maximum Gasteiger partial charge on any atom is 0.228 e. The largest absolute Gasteiger partial charge is 0.345 e. The summed E-state index contributed by atoms with van der Waals surface area (Å²) >= 11 is 0. The van der Waals surface area contributed by atoms with E-state index in [2.05, 4.69) is 27.7 Å². The van der Waals surface area contributed by atoms with Crippen molar-refractivity contribution in [3.05, 3.63) is 0 Å². The lowest BCUT2D eigenvalue weighted by Crippen LogP contribution is -2.54. The Morgan fingerprint density at radius 3 is 1.79 bits per heavy atom. The summed E-state index contributed by atoms with van der Waals surface area (Å²) in [7, 11) is 2.00. The molecule has 0 aromatic carbocycles. The Kier molecular flexibility index (Phi) is 7.49. The van der Waals surface area contributed by atoms with Gasteiger partial charge in [0, 0.05) is 25.9 Å². The smallest absolute Gasteiger partial charge is 0.228 e. The molecule has 4 aliphatic rings. The standard InChI is InChI=1S/C26H45NO2/c1-18(2)10-23(11-19(3)4)24(28)8-6-7-9-27(5)25(29)26-15-20-12-21(16-26)14-22(13-20)17-26/h18-23H,6-17H2,1-5H3. The highest BCUT2D eigenvalue weighted by Gasteiger charge is 2.55. The van der Waals surface area contributed by atoms with Crippen LogP contribution in [0, 0.1) is 40.9 Å². The first-order valence-electron chi connectivity index (χ1n) is 12.5. The van der Waals surface area contributed by atoms with Crippen LogP contribution in [-0.2, 0) is 9.59 Å². The van der Waals surface area contributed by atoms with E-state index in [1.165, 1.54) is 19.3 Å². The van der Waals surface area contributed by atoms with Crippen LogP contribution in [0.5, 0.6) is 0 Å². The summed E-state index contributed by atoms with van der Waals surface area (Å²) in [5.74, 6) is 4.68. The van der Waals surface area contributed by atoms with Gasteiger partial charge in [0.2, 0.25) is 5.91 Å². The zero-order chi connectivity index (χ0) is 21.2. The summed E-state index contributed by atoms with van der Waals surface area (Å²) in [6, 6.07) is 0. The van der Waals surface area contributed by atoms with Gasteiger partial charge < -0.3 is 4.90 Å². The van der Waals surface area contributed by atoms with Crippen LogP contribution in [-0.4, -0.2) is 30.2 Å². The van der Waals surface area contributed by atoms with Gasteiger partial charge in [-0.3, -0.25) is 9.59 Å². The second kappa shape index (κ2) is 9.52. The third-order valence-electron chi connectivity index (χ3n) is 7.97. The summed E-state index contributed by atoms with van der Waals surface area (Å²) in [4.78, 5) is 28.1. The monoisotopic (exact) mass is 403 g/mol. The topological polar surface area (TPSA) is 37.4 Å². The first-order chi connectivity index (χ1) is 13.7. The van der Waals surface area contributed by atoms with Crippen LogP contribution in [0.25, 0.3) is 0 Å². The number of carbonyl (C=O) groups excluding carboxylic acids is 2. The van der Waals surface area contributed by atoms with Gasteiger partial charge >= 0.3 is 0 Å². The van der Waals surface area contributed by atoms with Gasteiger partial charge in [0.25, 0.3) is 0 Å². The van der Waals surface area contributed by atoms with E-state index in [-0.39, 0.29) is 11.3 Å². The lowest BCUT2D eigenvalue weighted by molar-refractivity contribution is -0.156. The Labute approximate surface area is 179 Å². The first-order valence-corrected chi connectivity index (χ1v) is 12.5. The van der Waals surface area contributed by atoms with Crippen molar-refractivity contribution >= 4 is 11.7 Å². The molecule has 0 heterocycles. The average Bonchev–Trinajstić information content (AvgIpc) is 2.61. The third kappa shape index (κ3) is 5.64. The summed E-state index contributed by atoms with van der Waals surface area (Å²) in [6.07, 6.45) is 12.2. The molecule has 0 atom stereocenters. The van der Waals surface area contributed by atoms with Gasteiger partial charge in [-0.2, -0.15) is 0 Å². The Hall–Kier alpha value is -0.860. The van der Waals surface area contributed by atoms with E-state index in [1.807, 2.05) is 11.9 Å². The zero-order valence-corrected chi connectivity index (χ0v) is 19.7. The second-order valence-corrected chi connectivity index (χ2v) is 11.8. The van der Waals surface area contributed by atoms with Crippen molar-refractivity contribution in [3.8, 4) is 0 Å². The SMILES string of the molecule is CC(C)CC(CC(C)C)C(=O)CCCCN(C)C(=O)C12CC3CC(CC(C3)C1)C2.